The van der Waals surface area contributed by atoms with Crippen molar-refractivity contribution in [3.63, 3.8) is 0 Å². The molecule has 0 aromatic heterocycles. The predicted octanol–water partition coefficient (Wildman–Crippen LogP) is -3.78. The van der Waals surface area contributed by atoms with Gasteiger partial charge >= 0.3 is 51.4 Å². The molecule has 0 spiro atoms. The largest absolute Gasteiger partial charge is 1.00 e. The number of aliphatic hydroxyl groups is 1. The molecule has 1 rings (SSSR count). The van der Waals surface area contributed by atoms with E-state index in [1.165, 1.54) is 11.5 Å². The summed E-state index contributed by atoms with van der Waals surface area (Å²) in [4.78, 5) is 0. The summed E-state index contributed by atoms with van der Waals surface area (Å²) in [6.07, 6.45) is 3.40. The maximum absolute atomic E-state index is 9.80. The monoisotopic (exact) mass is 336 g/mol. The number of quaternary nitrogens is 1. The Morgan fingerprint density at radius 1 is 1.05 bits per heavy atom. The van der Waals surface area contributed by atoms with Crippen molar-refractivity contribution in [3.05, 3.63) is 0 Å². The Bertz CT molecular complexity index is 246. The van der Waals surface area contributed by atoms with Gasteiger partial charge in [-0.3, -0.25) is 0 Å². The number of piperidine rings is 1. The normalized spacial score (nSPS) is 20.9. The zero-order valence-corrected chi connectivity index (χ0v) is 18.6. The SMILES string of the molecule is CC1(C)CCCC(C)(C)N1O.C[N+](C)(C)CCO.[Cl-].[H-].[K+]. The standard InChI is InChI=1S/C9H19NO.C5H14NO.ClH.K.H/c1-8(2)6-5-7-9(3,4)10(8)11;1-6(2,3)4-5-7;;;/h11H,5-7H2,1-4H3;7H,4-5H2,1-3H3;1H;;/q;+1;;+1;-1/p-1. The molecule has 1 fully saturated rings. The maximum Gasteiger partial charge on any atom is 1.00 e. The van der Waals surface area contributed by atoms with Gasteiger partial charge in [-0.25, -0.2) is 0 Å². The quantitative estimate of drug-likeness (QED) is 0.402. The number of hydrogen-bond donors (Lipinski definition) is 2. The fourth-order valence-electron chi connectivity index (χ4n) is 2.28. The van der Waals surface area contributed by atoms with Crippen molar-refractivity contribution in [3.8, 4) is 0 Å². The van der Waals surface area contributed by atoms with Crippen LogP contribution in [0.15, 0.2) is 0 Å². The van der Waals surface area contributed by atoms with Gasteiger partial charge in [0.2, 0.25) is 0 Å². The van der Waals surface area contributed by atoms with E-state index in [0.29, 0.717) is 0 Å². The number of rotatable bonds is 2. The fraction of sp³-hybridized carbons (Fsp3) is 1.00. The number of nitrogens with zero attached hydrogens (tertiary/aromatic N) is 2. The van der Waals surface area contributed by atoms with Crippen LogP contribution in [0.5, 0.6) is 0 Å². The Balaban J connectivity index is -0.000000130. The molecule has 0 radical (unpaired) electrons. The van der Waals surface area contributed by atoms with E-state index < -0.39 is 0 Å². The van der Waals surface area contributed by atoms with E-state index in [-0.39, 0.29) is 82.9 Å². The summed E-state index contributed by atoms with van der Waals surface area (Å²) in [6, 6.07) is 0. The molecular weight excluding hydrogens is 303 g/mol. The number of hydrogen-bond acceptors (Lipinski definition) is 3. The van der Waals surface area contributed by atoms with E-state index in [4.69, 9.17) is 5.11 Å². The zero-order chi connectivity index (χ0) is 14.6. The molecule has 0 aromatic carbocycles. The van der Waals surface area contributed by atoms with E-state index in [1.807, 2.05) is 0 Å². The van der Waals surface area contributed by atoms with E-state index in [2.05, 4.69) is 48.8 Å². The first kappa shape index (κ1) is 26.7. The van der Waals surface area contributed by atoms with E-state index >= 15 is 0 Å². The van der Waals surface area contributed by atoms with Crippen LogP contribution in [0, 0.1) is 0 Å². The molecule has 4 nitrogen and oxygen atoms in total. The Labute approximate surface area is 175 Å². The third-order valence-corrected chi connectivity index (χ3v) is 3.49. The van der Waals surface area contributed by atoms with Crippen molar-refractivity contribution in [2.75, 3.05) is 34.3 Å². The van der Waals surface area contributed by atoms with Gasteiger partial charge in [0.1, 0.15) is 6.54 Å². The van der Waals surface area contributed by atoms with Crippen molar-refractivity contribution in [2.45, 2.75) is 58.0 Å². The van der Waals surface area contributed by atoms with Crippen molar-refractivity contribution in [1.82, 2.24) is 5.06 Å². The number of aliphatic hydroxyl groups excluding tert-OH is 1. The van der Waals surface area contributed by atoms with E-state index in [0.717, 1.165) is 23.9 Å². The third kappa shape index (κ3) is 10.5. The van der Waals surface area contributed by atoms with Gasteiger partial charge in [0.25, 0.3) is 0 Å². The van der Waals surface area contributed by atoms with Gasteiger partial charge in [-0.2, -0.15) is 5.06 Å². The molecule has 1 heterocycles. The molecule has 1 saturated heterocycles. The first-order valence-corrected chi connectivity index (χ1v) is 6.83. The summed E-state index contributed by atoms with van der Waals surface area (Å²) in [5.41, 5.74) is -0.0799. The average molecular weight is 337 g/mol. The summed E-state index contributed by atoms with van der Waals surface area (Å²) in [5, 5.41) is 19.7. The molecule has 1 aliphatic rings. The van der Waals surface area contributed by atoms with Crippen LogP contribution in [0.3, 0.4) is 0 Å². The molecular formula is C14H34ClKN2O2. The van der Waals surface area contributed by atoms with Crippen LogP contribution < -0.4 is 63.8 Å². The molecule has 1 aliphatic heterocycles. The predicted molar refractivity (Wildman–Crippen MR) is 76.7 cm³/mol. The molecule has 0 atom stereocenters. The van der Waals surface area contributed by atoms with Crippen LogP contribution in [-0.2, 0) is 0 Å². The van der Waals surface area contributed by atoms with Gasteiger partial charge < -0.3 is 28.6 Å². The van der Waals surface area contributed by atoms with Crippen molar-refractivity contribution in [1.29, 1.82) is 0 Å². The van der Waals surface area contributed by atoms with Crippen LogP contribution >= 0.6 is 0 Å². The van der Waals surface area contributed by atoms with Crippen molar-refractivity contribution < 1.29 is 80.0 Å². The van der Waals surface area contributed by atoms with Gasteiger partial charge in [-0.1, -0.05) is 0 Å². The second-order valence-electron chi connectivity index (χ2n) is 7.53. The second-order valence-corrected chi connectivity index (χ2v) is 7.53. The van der Waals surface area contributed by atoms with Crippen LogP contribution in [0.2, 0.25) is 0 Å². The van der Waals surface area contributed by atoms with Gasteiger partial charge in [0, 0.05) is 11.1 Å². The van der Waals surface area contributed by atoms with Crippen LogP contribution in [0.4, 0.5) is 0 Å². The maximum atomic E-state index is 9.80. The Morgan fingerprint density at radius 2 is 1.40 bits per heavy atom. The number of hydroxylamine groups is 2. The molecule has 0 amide bonds. The first-order valence-electron chi connectivity index (χ1n) is 6.83. The van der Waals surface area contributed by atoms with Gasteiger partial charge in [0.05, 0.1) is 27.7 Å². The molecule has 6 heteroatoms. The van der Waals surface area contributed by atoms with Crippen LogP contribution in [0.25, 0.3) is 0 Å². The summed E-state index contributed by atoms with van der Waals surface area (Å²) in [5.74, 6) is 0. The molecule has 0 unspecified atom stereocenters. The minimum atomic E-state index is -0.0399. The summed E-state index contributed by atoms with van der Waals surface area (Å²) in [7, 11) is 6.16. The summed E-state index contributed by atoms with van der Waals surface area (Å²) in [6.45, 7) is 9.48. The second kappa shape index (κ2) is 10.5. The third-order valence-electron chi connectivity index (χ3n) is 3.49. The average Bonchev–Trinajstić information content (AvgIpc) is 2.13. The van der Waals surface area contributed by atoms with E-state index in [9.17, 15) is 5.21 Å². The zero-order valence-electron chi connectivity index (χ0n) is 15.7. The fourth-order valence-corrected chi connectivity index (χ4v) is 2.28. The molecule has 2 N–H and O–H groups in total. The van der Waals surface area contributed by atoms with Crippen LogP contribution in [0.1, 0.15) is 48.4 Å². The van der Waals surface area contributed by atoms with Crippen molar-refractivity contribution in [2.24, 2.45) is 0 Å². The van der Waals surface area contributed by atoms with Crippen LogP contribution in [-0.4, -0.2) is 65.2 Å². The van der Waals surface area contributed by atoms with Gasteiger partial charge in [-0.15, -0.1) is 0 Å². The molecule has 20 heavy (non-hydrogen) atoms. The minimum Gasteiger partial charge on any atom is -1.00 e. The molecule has 0 saturated carbocycles. The Hall–Kier alpha value is 1.77. The topological polar surface area (TPSA) is 43.7 Å². The van der Waals surface area contributed by atoms with Gasteiger partial charge in [0.15, 0.2) is 0 Å². The summed E-state index contributed by atoms with van der Waals surface area (Å²) < 4.78 is 0.844. The Morgan fingerprint density at radius 3 is 1.55 bits per heavy atom. The molecule has 120 valence electrons. The number of halogens is 1. The van der Waals surface area contributed by atoms with Crippen molar-refractivity contribution >= 4 is 0 Å². The summed E-state index contributed by atoms with van der Waals surface area (Å²) >= 11 is 0. The molecule has 0 aromatic rings. The minimum absolute atomic E-state index is 0. The van der Waals surface area contributed by atoms with Gasteiger partial charge in [-0.05, 0) is 47.0 Å². The smallest absolute Gasteiger partial charge is 1.00 e. The first-order chi connectivity index (χ1) is 7.92. The molecule has 0 bridgehead atoms. The van der Waals surface area contributed by atoms with E-state index in [1.54, 1.807) is 0 Å². The Kier molecular flexibility index (Phi) is 14.0. The number of likely N-dealkylation sites (N-methyl/N-ethyl adjacent to an activating group) is 1. The molecule has 0 aliphatic carbocycles.